The molecule has 2 heterocycles. The SMILES string of the molecule is COc1cccc(OC)c1OCn1ccc(C(=O)N(C)Cc2ccc(-n3cccn3)cc2)n1. The molecule has 33 heavy (non-hydrogen) atoms. The van der Waals surface area contributed by atoms with Gasteiger partial charge in [0.2, 0.25) is 5.75 Å². The summed E-state index contributed by atoms with van der Waals surface area (Å²) in [5.74, 6) is 1.40. The number of para-hydroxylation sites is 1. The number of carbonyl (C=O) groups is 1. The van der Waals surface area contributed by atoms with E-state index in [1.807, 2.05) is 42.6 Å². The van der Waals surface area contributed by atoms with Crippen LogP contribution in [0, 0.1) is 0 Å². The molecule has 0 atom stereocenters. The summed E-state index contributed by atoms with van der Waals surface area (Å²) in [6, 6.07) is 16.8. The molecule has 0 N–H and O–H groups in total. The molecule has 4 rings (SSSR count). The van der Waals surface area contributed by atoms with Crippen LogP contribution >= 0.6 is 0 Å². The zero-order valence-corrected chi connectivity index (χ0v) is 18.7. The van der Waals surface area contributed by atoms with Gasteiger partial charge in [-0.25, -0.2) is 9.36 Å². The molecule has 0 aliphatic rings. The number of hydrogen-bond donors (Lipinski definition) is 0. The third-order valence-electron chi connectivity index (χ3n) is 5.06. The average molecular weight is 447 g/mol. The van der Waals surface area contributed by atoms with Gasteiger partial charge < -0.3 is 19.1 Å². The van der Waals surface area contributed by atoms with E-state index < -0.39 is 0 Å². The van der Waals surface area contributed by atoms with E-state index in [1.165, 1.54) is 0 Å². The van der Waals surface area contributed by atoms with Crippen LogP contribution in [0.3, 0.4) is 0 Å². The highest BCUT2D eigenvalue weighted by atomic mass is 16.5. The predicted octanol–water partition coefficient (Wildman–Crippen LogP) is 3.39. The maximum atomic E-state index is 12.8. The summed E-state index contributed by atoms with van der Waals surface area (Å²) in [6.07, 6.45) is 5.31. The number of ether oxygens (including phenoxy) is 3. The lowest BCUT2D eigenvalue weighted by atomic mass is 10.2. The van der Waals surface area contributed by atoms with E-state index in [2.05, 4.69) is 10.2 Å². The summed E-state index contributed by atoms with van der Waals surface area (Å²) in [4.78, 5) is 14.5. The van der Waals surface area contributed by atoms with E-state index in [0.29, 0.717) is 29.5 Å². The maximum Gasteiger partial charge on any atom is 0.274 e. The Labute approximate surface area is 191 Å². The fraction of sp³-hybridized carbons (Fsp3) is 0.208. The van der Waals surface area contributed by atoms with Crippen LogP contribution < -0.4 is 14.2 Å². The molecule has 0 fully saturated rings. The number of methoxy groups -OCH3 is 2. The first-order chi connectivity index (χ1) is 16.1. The molecule has 0 unspecified atom stereocenters. The summed E-state index contributed by atoms with van der Waals surface area (Å²) in [5.41, 5.74) is 2.30. The lowest BCUT2D eigenvalue weighted by Crippen LogP contribution is -2.26. The second-order valence-electron chi connectivity index (χ2n) is 7.28. The molecule has 0 bridgehead atoms. The van der Waals surface area contributed by atoms with Gasteiger partial charge in [0.25, 0.3) is 5.91 Å². The summed E-state index contributed by atoms with van der Waals surface area (Å²) in [5, 5.41) is 8.57. The van der Waals surface area contributed by atoms with Crippen LogP contribution in [0.25, 0.3) is 5.69 Å². The van der Waals surface area contributed by atoms with E-state index in [9.17, 15) is 4.79 Å². The number of carbonyl (C=O) groups excluding carboxylic acids is 1. The standard InChI is InChI=1S/C24H25N5O4/c1-27(16-18-8-10-19(11-9-18)29-14-5-13-25-29)24(30)20-12-15-28(26-20)17-33-23-21(31-2)6-4-7-22(23)32-3/h4-15H,16-17H2,1-3H3. The van der Waals surface area contributed by atoms with Crippen molar-refractivity contribution in [3.05, 3.63) is 84.4 Å². The van der Waals surface area contributed by atoms with Crippen molar-refractivity contribution in [1.29, 1.82) is 0 Å². The van der Waals surface area contributed by atoms with Crippen molar-refractivity contribution in [2.24, 2.45) is 0 Å². The Hall–Kier alpha value is -4.27. The van der Waals surface area contributed by atoms with Gasteiger partial charge in [0.05, 0.1) is 19.9 Å². The highest BCUT2D eigenvalue weighted by Gasteiger charge is 2.16. The van der Waals surface area contributed by atoms with Crippen LogP contribution in [-0.2, 0) is 13.3 Å². The average Bonchev–Trinajstić information content (AvgIpc) is 3.55. The number of rotatable bonds is 9. The number of aromatic nitrogens is 4. The van der Waals surface area contributed by atoms with Crippen molar-refractivity contribution in [2.75, 3.05) is 21.3 Å². The zero-order valence-electron chi connectivity index (χ0n) is 18.7. The first kappa shape index (κ1) is 21.9. The Balaban J connectivity index is 1.37. The second-order valence-corrected chi connectivity index (χ2v) is 7.28. The maximum absolute atomic E-state index is 12.8. The summed E-state index contributed by atoms with van der Waals surface area (Å²) >= 11 is 0. The lowest BCUT2D eigenvalue weighted by molar-refractivity contribution is 0.0777. The highest BCUT2D eigenvalue weighted by molar-refractivity contribution is 5.91. The van der Waals surface area contributed by atoms with Crippen molar-refractivity contribution in [2.45, 2.75) is 13.3 Å². The van der Waals surface area contributed by atoms with Crippen LogP contribution in [0.1, 0.15) is 16.1 Å². The number of nitrogens with zero attached hydrogens (tertiary/aromatic N) is 5. The molecule has 170 valence electrons. The van der Waals surface area contributed by atoms with Crippen molar-refractivity contribution in [1.82, 2.24) is 24.5 Å². The molecule has 2 aromatic carbocycles. The van der Waals surface area contributed by atoms with Gasteiger partial charge in [0, 0.05) is 32.2 Å². The predicted molar refractivity (Wildman–Crippen MR) is 122 cm³/mol. The van der Waals surface area contributed by atoms with Gasteiger partial charge in [-0.05, 0) is 42.0 Å². The Morgan fingerprint density at radius 1 is 0.970 bits per heavy atom. The molecule has 0 saturated carbocycles. The first-order valence-corrected chi connectivity index (χ1v) is 10.3. The molecule has 0 saturated heterocycles. The second kappa shape index (κ2) is 9.90. The zero-order chi connectivity index (χ0) is 23.2. The van der Waals surface area contributed by atoms with E-state index in [1.54, 1.807) is 66.1 Å². The Morgan fingerprint density at radius 2 is 1.70 bits per heavy atom. The summed E-state index contributed by atoms with van der Waals surface area (Å²) < 4.78 is 19.9. The van der Waals surface area contributed by atoms with Crippen LogP contribution in [0.2, 0.25) is 0 Å². The quantitative estimate of drug-likeness (QED) is 0.391. The minimum absolute atomic E-state index is 0.0998. The number of hydrogen-bond acceptors (Lipinski definition) is 6. The molecule has 0 radical (unpaired) electrons. The minimum atomic E-state index is -0.181. The molecule has 9 heteroatoms. The molecule has 0 spiro atoms. The molecule has 4 aromatic rings. The minimum Gasteiger partial charge on any atom is -0.493 e. The fourth-order valence-electron chi connectivity index (χ4n) is 3.35. The van der Waals surface area contributed by atoms with Crippen LogP contribution in [0.15, 0.2) is 73.2 Å². The molecular formula is C24H25N5O4. The van der Waals surface area contributed by atoms with Crippen molar-refractivity contribution >= 4 is 5.91 Å². The van der Waals surface area contributed by atoms with Gasteiger partial charge in [-0.1, -0.05) is 18.2 Å². The van der Waals surface area contributed by atoms with Gasteiger partial charge in [0.1, 0.15) is 0 Å². The van der Waals surface area contributed by atoms with Gasteiger partial charge in [-0.15, -0.1) is 0 Å². The van der Waals surface area contributed by atoms with Crippen molar-refractivity contribution in [3.8, 4) is 22.9 Å². The number of amides is 1. The smallest absolute Gasteiger partial charge is 0.274 e. The summed E-state index contributed by atoms with van der Waals surface area (Å²) in [6.45, 7) is 0.558. The van der Waals surface area contributed by atoms with E-state index >= 15 is 0 Å². The summed E-state index contributed by atoms with van der Waals surface area (Å²) in [7, 11) is 4.87. The molecule has 9 nitrogen and oxygen atoms in total. The lowest BCUT2D eigenvalue weighted by Gasteiger charge is -2.16. The third-order valence-corrected chi connectivity index (χ3v) is 5.06. The van der Waals surface area contributed by atoms with E-state index in [0.717, 1.165) is 11.3 Å². The van der Waals surface area contributed by atoms with Crippen molar-refractivity contribution < 1.29 is 19.0 Å². The van der Waals surface area contributed by atoms with Crippen molar-refractivity contribution in [3.63, 3.8) is 0 Å². The van der Waals surface area contributed by atoms with Crippen LogP contribution in [-0.4, -0.2) is 51.6 Å². The fourth-order valence-corrected chi connectivity index (χ4v) is 3.35. The monoisotopic (exact) mass is 447 g/mol. The normalized spacial score (nSPS) is 10.6. The Bertz CT molecular complexity index is 1180. The number of benzene rings is 2. The molecule has 0 aliphatic heterocycles. The van der Waals surface area contributed by atoms with Gasteiger partial charge in [-0.2, -0.15) is 10.2 Å². The van der Waals surface area contributed by atoms with Crippen LogP contribution in [0.5, 0.6) is 17.2 Å². The first-order valence-electron chi connectivity index (χ1n) is 10.3. The topological polar surface area (TPSA) is 83.6 Å². The Kier molecular flexibility index (Phi) is 6.58. The van der Waals surface area contributed by atoms with Gasteiger partial charge in [-0.3, -0.25) is 4.79 Å². The van der Waals surface area contributed by atoms with Gasteiger partial charge >= 0.3 is 0 Å². The molecule has 0 aliphatic carbocycles. The molecular weight excluding hydrogens is 422 g/mol. The molecule has 1 amide bonds. The largest absolute Gasteiger partial charge is 0.493 e. The van der Waals surface area contributed by atoms with Gasteiger partial charge in [0.15, 0.2) is 23.9 Å². The highest BCUT2D eigenvalue weighted by Crippen LogP contribution is 2.36. The van der Waals surface area contributed by atoms with E-state index in [-0.39, 0.29) is 12.6 Å². The molecule has 2 aromatic heterocycles. The van der Waals surface area contributed by atoms with E-state index in [4.69, 9.17) is 14.2 Å². The Morgan fingerprint density at radius 3 is 2.33 bits per heavy atom. The third kappa shape index (κ3) is 4.98. The van der Waals surface area contributed by atoms with Crippen LogP contribution in [0.4, 0.5) is 0 Å².